The SMILES string of the molecule is Cc1cccc(OCCNC(=O)[C@@H]2CCCN(S(=O)(=O)Cc3ccc(Cl)cc3Cl)C2)c1. The molecule has 1 atom stereocenters. The Morgan fingerprint density at radius 3 is 2.77 bits per heavy atom. The largest absolute Gasteiger partial charge is 0.492 e. The molecule has 3 rings (SSSR count). The molecule has 0 spiro atoms. The third-order valence-electron chi connectivity index (χ3n) is 5.16. The Kier molecular flexibility index (Phi) is 8.22. The zero-order valence-electron chi connectivity index (χ0n) is 17.3. The van der Waals surface area contributed by atoms with Gasteiger partial charge >= 0.3 is 0 Å². The molecule has 1 amide bonds. The summed E-state index contributed by atoms with van der Waals surface area (Å²) < 4.78 is 32.8. The smallest absolute Gasteiger partial charge is 0.224 e. The molecular weight excluding hydrogens is 459 g/mol. The van der Waals surface area contributed by atoms with E-state index in [-0.39, 0.29) is 24.1 Å². The second-order valence-corrected chi connectivity index (χ2v) is 10.5. The summed E-state index contributed by atoms with van der Waals surface area (Å²) >= 11 is 12.0. The molecule has 0 saturated carbocycles. The first-order chi connectivity index (χ1) is 14.7. The van der Waals surface area contributed by atoms with E-state index < -0.39 is 10.0 Å². The summed E-state index contributed by atoms with van der Waals surface area (Å²) in [7, 11) is -3.60. The molecule has 1 fully saturated rings. The molecule has 0 unspecified atom stereocenters. The molecule has 0 aromatic heterocycles. The second-order valence-electron chi connectivity index (χ2n) is 7.65. The van der Waals surface area contributed by atoms with Crippen LogP contribution in [0.1, 0.15) is 24.0 Å². The van der Waals surface area contributed by atoms with E-state index >= 15 is 0 Å². The fraction of sp³-hybridized carbons (Fsp3) is 0.409. The summed E-state index contributed by atoms with van der Waals surface area (Å²) in [6.07, 6.45) is 1.28. The molecule has 168 valence electrons. The lowest BCUT2D eigenvalue weighted by molar-refractivity contribution is -0.126. The monoisotopic (exact) mass is 484 g/mol. The first-order valence-corrected chi connectivity index (χ1v) is 12.5. The molecule has 0 aliphatic carbocycles. The first kappa shape index (κ1) is 23.9. The van der Waals surface area contributed by atoms with Crippen LogP contribution < -0.4 is 10.1 Å². The number of nitrogens with zero attached hydrogens (tertiary/aromatic N) is 1. The van der Waals surface area contributed by atoms with Crippen molar-refractivity contribution in [2.24, 2.45) is 5.92 Å². The van der Waals surface area contributed by atoms with Crippen molar-refractivity contribution in [2.45, 2.75) is 25.5 Å². The fourth-order valence-electron chi connectivity index (χ4n) is 3.53. The van der Waals surface area contributed by atoms with E-state index in [0.717, 1.165) is 11.3 Å². The zero-order valence-corrected chi connectivity index (χ0v) is 19.6. The summed E-state index contributed by atoms with van der Waals surface area (Å²) in [4.78, 5) is 12.6. The van der Waals surface area contributed by atoms with Crippen molar-refractivity contribution in [2.75, 3.05) is 26.2 Å². The van der Waals surface area contributed by atoms with Crippen LogP contribution in [0.15, 0.2) is 42.5 Å². The van der Waals surface area contributed by atoms with Gasteiger partial charge in [-0.15, -0.1) is 0 Å². The van der Waals surface area contributed by atoms with Gasteiger partial charge < -0.3 is 10.1 Å². The molecule has 1 aliphatic heterocycles. The number of piperidine rings is 1. The van der Waals surface area contributed by atoms with Crippen molar-refractivity contribution in [1.82, 2.24) is 9.62 Å². The highest BCUT2D eigenvalue weighted by Crippen LogP contribution is 2.26. The lowest BCUT2D eigenvalue weighted by atomic mass is 9.99. The van der Waals surface area contributed by atoms with E-state index in [1.54, 1.807) is 12.1 Å². The number of nitrogens with one attached hydrogen (secondary N) is 1. The molecule has 2 aromatic rings. The van der Waals surface area contributed by atoms with Gasteiger partial charge in [-0.3, -0.25) is 4.79 Å². The summed E-state index contributed by atoms with van der Waals surface area (Å²) in [5.41, 5.74) is 1.59. The Morgan fingerprint density at radius 1 is 1.23 bits per heavy atom. The Bertz CT molecular complexity index is 1030. The predicted molar refractivity (Wildman–Crippen MR) is 123 cm³/mol. The van der Waals surface area contributed by atoms with E-state index in [4.69, 9.17) is 27.9 Å². The summed E-state index contributed by atoms with van der Waals surface area (Å²) in [6, 6.07) is 12.5. The average Bonchev–Trinajstić information content (AvgIpc) is 2.73. The minimum absolute atomic E-state index is 0.155. The number of hydrogen-bond donors (Lipinski definition) is 1. The third kappa shape index (κ3) is 6.84. The van der Waals surface area contributed by atoms with Gasteiger partial charge in [-0.1, -0.05) is 41.4 Å². The Labute approximate surface area is 193 Å². The molecule has 1 N–H and O–H groups in total. The number of amides is 1. The van der Waals surface area contributed by atoms with E-state index in [9.17, 15) is 13.2 Å². The molecule has 6 nitrogen and oxygen atoms in total. The van der Waals surface area contributed by atoms with Crippen LogP contribution in [0.2, 0.25) is 10.0 Å². The van der Waals surface area contributed by atoms with Crippen LogP contribution >= 0.6 is 23.2 Å². The highest BCUT2D eigenvalue weighted by molar-refractivity contribution is 7.88. The molecule has 1 heterocycles. The predicted octanol–water partition coefficient (Wildman–Crippen LogP) is 4.04. The number of hydrogen-bond acceptors (Lipinski definition) is 4. The maximum absolute atomic E-state index is 12.9. The standard InChI is InChI=1S/C22H26Cl2N2O4S/c1-16-4-2-6-20(12-16)30-11-9-25-22(27)17-5-3-10-26(14-17)31(28,29)15-18-7-8-19(23)13-21(18)24/h2,4,6-8,12-13,17H,3,5,9-11,14-15H2,1H3,(H,25,27)/t17-/m1/s1. The van der Waals surface area contributed by atoms with Crippen LogP contribution in [-0.2, 0) is 20.6 Å². The molecule has 2 aromatic carbocycles. The van der Waals surface area contributed by atoms with Crippen molar-refractivity contribution in [3.8, 4) is 5.75 Å². The van der Waals surface area contributed by atoms with Crippen molar-refractivity contribution < 1.29 is 17.9 Å². The number of rotatable bonds is 8. The van der Waals surface area contributed by atoms with E-state index in [1.165, 1.54) is 10.4 Å². The number of carbonyl (C=O) groups is 1. The lowest BCUT2D eigenvalue weighted by Gasteiger charge is -2.31. The number of aryl methyl sites for hydroxylation is 1. The number of carbonyl (C=O) groups excluding carboxylic acids is 1. The number of sulfonamides is 1. The zero-order chi connectivity index (χ0) is 22.4. The van der Waals surface area contributed by atoms with Gasteiger partial charge in [-0.25, -0.2) is 12.7 Å². The van der Waals surface area contributed by atoms with Gasteiger partial charge in [0.25, 0.3) is 0 Å². The average molecular weight is 485 g/mol. The van der Waals surface area contributed by atoms with Crippen molar-refractivity contribution >= 4 is 39.1 Å². The van der Waals surface area contributed by atoms with Crippen LogP contribution in [0.25, 0.3) is 0 Å². The maximum Gasteiger partial charge on any atom is 0.224 e. The fourth-order valence-corrected chi connectivity index (χ4v) is 5.72. The number of halogens is 2. The van der Waals surface area contributed by atoms with Gasteiger partial charge in [-0.2, -0.15) is 0 Å². The van der Waals surface area contributed by atoms with Crippen LogP contribution in [0.3, 0.4) is 0 Å². The normalized spacial score (nSPS) is 17.3. The summed E-state index contributed by atoms with van der Waals surface area (Å²) in [6.45, 7) is 3.25. The van der Waals surface area contributed by atoms with Crippen molar-refractivity contribution in [1.29, 1.82) is 0 Å². The van der Waals surface area contributed by atoms with Gasteiger partial charge in [-0.05, 0) is 55.2 Å². The Balaban J connectivity index is 1.51. The van der Waals surface area contributed by atoms with Gasteiger partial charge in [0.2, 0.25) is 15.9 Å². The molecule has 0 radical (unpaired) electrons. The van der Waals surface area contributed by atoms with Crippen molar-refractivity contribution in [3.05, 3.63) is 63.6 Å². The third-order valence-corrected chi connectivity index (χ3v) is 7.54. The molecule has 9 heteroatoms. The number of benzene rings is 2. The molecule has 0 bridgehead atoms. The maximum atomic E-state index is 12.9. The molecular formula is C22H26Cl2N2O4S. The van der Waals surface area contributed by atoms with E-state index in [0.29, 0.717) is 48.1 Å². The highest BCUT2D eigenvalue weighted by Gasteiger charge is 2.32. The van der Waals surface area contributed by atoms with Crippen molar-refractivity contribution in [3.63, 3.8) is 0 Å². The van der Waals surface area contributed by atoms with Crippen LogP contribution in [0, 0.1) is 12.8 Å². The van der Waals surface area contributed by atoms with Gasteiger partial charge in [0.1, 0.15) is 12.4 Å². The van der Waals surface area contributed by atoms with E-state index in [2.05, 4.69) is 5.32 Å². The summed E-state index contributed by atoms with van der Waals surface area (Å²) in [5, 5.41) is 3.62. The molecule has 1 saturated heterocycles. The minimum Gasteiger partial charge on any atom is -0.492 e. The number of ether oxygens (including phenoxy) is 1. The quantitative estimate of drug-likeness (QED) is 0.573. The van der Waals surface area contributed by atoms with Crippen LogP contribution in [-0.4, -0.2) is 44.9 Å². The van der Waals surface area contributed by atoms with Crippen LogP contribution in [0.5, 0.6) is 5.75 Å². The first-order valence-electron chi connectivity index (χ1n) is 10.1. The molecule has 31 heavy (non-hydrogen) atoms. The topological polar surface area (TPSA) is 75.7 Å². The lowest BCUT2D eigenvalue weighted by Crippen LogP contribution is -2.46. The van der Waals surface area contributed by atoms with Crippen LogP contribution in [0.4, 0.5) is 0 Å². The molecule has 1 aliphatic rings. The Morgan fingerprint density at radius 2 is 2.03 bits per heavy atom. The summed E-state index contributed by atoms with van der Waals surface area (Å²) in [5.74, 6) is -0.00714. The highest BCUT2D eigenvalue weighted by atomic mass is 35.5. The second kappa shape index (κ2) is 10.7. The van der Waals surface area contributed by atoms with Gasteiger partial charge in [0.15, 0.2) is 0 Å². The Hall–Kier alpha value is -1.80. The van der Waals surface area contributed by atoms with E-state index in [1.807, 2.05) is 31.2 Å². The minimum atomic E-state index is -3.60. The van der Waals surface area contributed by atoms with Gasteiger partial charge in [0, 0.05) is 23.1 Å². The van der Waals surface area contributed by atoms with Gasteiger partial charge in [0.05, 0.1) is 18.2 Å².